The van der Waals surface area contributed by atoms with Gasteiger partial charge in [0.1, 0.15) is 5.82 Å². The molecule has 1 aromatic heterocycles. The highest BCUT2D eigenvalue weighted by atomic mass is 79.9. The number of aromatic nitrogens is 2. The van der Waals surface area contributed by atoms with E-state index in [-0.39, 0.29) is 6.04 Å². The van der Waals surface area contributed by atoms with E-state index in [1.54, 1.807) is 19.5 Å². The zero-order chi connectivity index (χ0) is 18.1. The molecule has 0 amide bonds. The molecule has 0 saturated heterocycles. The molecular formula is C19H29BrN4O. The number of hydrogen-bond acceptors (Lipinski definition) is 5. The van der Waals surface area contributed by atoms with E-state index in [2.05, 4.69) is 49.6 Å². The molecule has 0 bridgehead atoms. The number of halogens is 1. The summed E-state index contributed by atoms with van der Waals surface area (Å²) >= 11 is 3.36. The smallest absolute Gasteiger partial charge is 0.145 e. The van der Waals surface area contributed by atoms with Crippen LogP contribution < -0.4 is 5.73 Å². The average molecular weight is 409 g/mol. The van der Waals surface area contributed by atoms with Crippen molar-refractivity contribution in [1.82, 2.24) is 14.9 Å². The highest BCUT2D eigenvalue weighted by Crippen LogP contribution is 2.34. The second kappa shape index (κ2) is 10.9. The Bertz CT molecular complexity index is 561. The first-order chi connectivity index (χ1) is 12.1. The van der Waals surface area contributed by atoms with Crippen molar-refractivity contribution >= 4 is 15.9 Å². The van der Waals surface area contributed by atoms with Crippen LogP contribution in [0.1, 0.15) is 44.5 Å². The number of hydrogen-bond donors (Lipinski definition) is 1. The molecule has 0 aliphatic heterocycles. The summed E-state index contributed by atoms with van der Waals surface area (Å²) in [6.07, 6.45) is 7.96. The molecule has 0 aromatic carbocycles. The fourth-order valence-corrected chi connectivity index (χ4v) is 3.40. The predicted octanol–water partition coefficient (Wildman–Crippen LogP) is 3.02. The van der Waals surface area contributed by atoms with Crippen LogP contribution >= 0.6 is 15.9 Å². The maximum atomic E-state index is 6.37. The summed E-state index contributed by atoms with van der Waals surface area (Å²) in [6, 6.07) is -0.0772. The van der Waals surface area contributed by atoms with Crippen LogP contribution in [0.5, 0.6) is 0 Å². The lowest BCUT2D eigenvalue weighted by Gasteiger charge is -2.29. The maximum Gasteiger partial charge on any atom is 0.145 e. The third kappa shape index (κ3) is 6.67. The van der Waals surface area contributed by atoms with Crippen LogP contribution in [-0.2, 0) is 4.74 Å². The zero-order valence-electron chi connectivity index (χ0n) is 15.2. The van der Waals surface area contributed by atoms with Crippen LogP contribution in [0.15, 0.2) is 16.9 Å². The van der Waals surface area contributed by atoms with Crippen molar-refractivity contribution in [2.45, 2.75) is 38.6 Å². The Morgan fingerprint density at radius 2 is 2.00 bits per heavy atom. The molecule has 138 valence electrons. The molecule has 6 heteroatoms. The second-order valence-corrected chi connectivity index (χ2v) is 7.50. The molecule has 0 radical (unpaired) electrons. The van der Waals surface area contributed by atoms with Crippen molar-refractivity contribution in [3.8, 4) is 11.8 Å². The van der Waals surface area contributed by atoms with Crippen molar-refractivity contribution in [1.29, 1.82) is 0 Å². The SMILES string of the molecule is CCN(CC#CC1CCC(C(N)c2ncc(Br)cn2)CC1)CCOC. The molecule has 1 aromatic rings. The van der Waals surface area contributed by atoms with E-state index in [4.69, 9.17) is 10.5 Å². The van der Waals surface area contributed by atoms with Crippen molar-refractivity contribution < 1.29 is 4.74 Å². The molecule has 2 N–H and O–H groups in total. The highest BCUT2D eigenvalue weighted by molar-refractivity contribution is 9.10. The van der Waals surface area contributed by atoms with Gasteiger partial charge in [-0.15, -0.1) is 0 Å². The molecule has 2 rings (SSSR count). The van der Waals surface area contributed by atoms with E-state index in [9.17, 15) is 0 Å². The highest BCUT2D eigenvalue weighted by Gasteiger charge is 2.27. The zero-order valence-corrected chi connectivity index (χ0v) is 16.8. The third-order valence-electron chi connectivity index (χ3n) is 4.89. The quantitative estimate of drug-likeness (QED) is 0.702. The van der Waals surface area contributed by atoms with Gasteiger partial charge in [0.25, 0.3) is 0 Å². The molecule has 1 atom stereocenters. The lowest BCUT2D eigenvalue weighted by molar-refractivity contribution is 0.158. The minimum Gasteiger partial charge on any atom is -0.383 e. The maximum absolute atomic E-state index is 6.37. The Kier molecular flexibility index (Phi) is 8.83. The first-order valence-electron chi connectivity index (χ1n) is 9.06. The summed E-state index contributed by atoms with van der Waals surface area (Å²) in [4.78, 5) is 11.0. The van der Waals surface area contributed by atoms with Crippen LogP contribution in [-0.4, -0.2) is 48.2 Å². The lowest BCUT2D eigenvalue weighted by atomic mass is 9.78. The second-order valence-electron chi connectivity index (χ2n) is 6.58. The van der Waals surface area contributed by atoms with Crippen LogP contribution in [0.25, 0.3) is 0 Å². The Morgan fingerprint density at radius 3 is 2.60 bits per heavy atom. The van der Waals surface area contributed by atoms with E-state index in [1.807, 2.05) is 0 Å². The van der Waals surface area contributed by atoms with Gasteiger partial charge in [0.2, 0.25) is 0 Å². The summed E-state index contributed by atoms with van der Waals surface area (Å²) < 4.78 is 6.02. The average Bonchev–Trinajstić information content (AvgIpc) is 2.65. The van der Waals surface area contributed by atoms with Gasteiger partial charge in [0.05, 0.1) is 23.7 Å². The molecule has 1 saturated carbocycles. The van der Waals surface area contributed by atoms with Gasteiger partial charge in [0.15, 0.2) is 0 Å². The summed E-state index contributed by atoms with van der Waals surface area (Å²) in [5, 5.41) is 0. The van der Waals surface area contributed by atoms with Gasteiger partial charge in [-0.1, -0.05) is 18.8 Å². The molecule has 5 nitrogen and oxygen atoms in total. The van der Waals surface area contributed by atoms with E-state index in [0.717, 1.165) is 62.2 Å². The van der Waals surface area contributed by atoms with Crippen LogP contribution in [0.2, 0.25) is 0 Å². The molecule has 1 aliphatic rings. The number of nitrogens with two attached hydrogens (primary N) is 1. The summed E-state index contributed by atoms with van der Waals surface area (Å²) in [6.45, 7) is 5.69. The summed E-state index contributed by atoms with van der Waals surface area (Å²) in [7, 11) is 1.74. The van der Waals surface area contributed by atoms with E-state index < -0.39 is 0 Å². The fraction of sp³-hybridized carbons (Fsp3) is 0.684. The minimum atomic E-state index is -0.0772. The van der Waals surface area contributed by atoms with Gasteiger partial charge in [-0.3, -0.25) is 4.90 Å². The van der Waals surface area contributed by atoms with E-state index in [1.165, 1.54) is 0 Å². The monoisotopic (exact) mass is 408 g/mol. The number of ether oxygens (including phenoxy) is 1. The van der Waals surface area contributed by atoms with Crippen LogP contribution in [0.4, 0.5) is 0 Å². The number of methoxy groups -OCH3 is 1. The molecule has 1 unspecified atom stereocenters. The molecule has 1 heterocycles. The largest absolute Gasteiger partial charge is 0.383 e. The van der Waals surface area contributed by atoms with Crippen molar-refractivity contribution in [3.05, 3.63) is 22.7 Å². The van der Waals surface area contributed by atoms with Gasteiger partial charge in [-0.2, -0.15) is 0 Å². The summed E-state index contributed by atoms with van der Waals surface area (Å²) in [5.74, 6) is 8.51. The summed E-state index contributed by atoms with van der Waals surface area (Å²) in [5.41, 5.74) is 6.37. The van der Waals surface area contributed by atoms with E-state index >= 15 is 0 Å². The first kappa shape index (κ1) is 20.3. The van der Waals surface area contributed by atoms with Gasteiger partial charge in [0, 0.05) is 32.0 Å². The molecule has 1 fully saturated rings. The van der Waals surface area contributed by atoms with Gasteiger partial charge >= 0.3 is 0 Å². The van der Waals surface area contributed by atoms with Gasteiger partial charge in [-0.05, 0) is 54.1 Å². The number of nitrogens with zero attached hydrogens (tertiary/aromatic N) is 3. The topological polar surface area (TPSA) is 64.3 Å². The predicted molar refractivity (Wildman–Crippen MR) is 104 cm³/mol. The molecule has 25 heavy (non-hydrogen) atoms. The molecular weight excluding hydrogens is 380 g/mol. The lowest BCUT2D eigenvalue weighted by Crippen LogP contribution is -2.28. The normalized spacial score (nSPS) is 21.6. The standard InChI is InChI=1S/C19H29BrN4O/c1-3-24(11-12-25-2)10-4-5-15-6-8-16(9-7-15)18(21)19-22-13-17(20)14-23-19/h13-16,18H,3,6-12,21H2,1-2H3. The Balaban J connectivity index is 1.77. The Labute approximate surface area is 159 Å². The third-order valence-corrected chi connectivity index (χ3v) is 5.30. The number of likely N-dealkylation sites (N-methyl/N-ethyl adjacent to an activating group) is 1. The van der Waals surface area contributed by atoms with Crippen LogP contribution in [0, 0.1) is 23.7 Å². The minimum absolute atomic E-state index is 0.0772. The Hall–Kier alpha value is -1.00. The number of rotatable bonds is 7. The molecule has 0 spiro atoms. The van der Waals surface area contributed by atoms with Gasteiger partial charge in [-0.25, -0.2) is 9.97 Å². The van der Waals surface area contributed by atoms with Crippen LogP contribution in [0.3, 0.4) is 0 Å². The Morgan fingerprint density at radius 1 is 1.32 bits per heavy atom. The van der Waals surface area contributed by atoms with E-state index in [0.29, 0.717) is 11.8 Å². The van der Waals surface area contributed by atoms with Crippen molar-refractivity contribution in [2.75, 3.05) is 33.4 Å². The van der Waals surface area contributed by atoms with Crippen molar-refractivity contribution in [2.24, 2.45) is 17.6 Å². The first-order valence-corrected chi connectivity index (χ1v) is 9.86. The molecule has 1 aliphatic carbocycles. The van der Waals surface area contributed by atoms with Gasteiger partial charge < -0.3 is 10.5 Å². The fourth-order valence-electron chi connectivity index (χ4n) is 3.20. The van der Waals surface area contributed by atoms with Crippen molar-refractivity contribution in [3.63, 3.8) is 0 Å².